The molecule has 0 atom stereocenters. The average molecular weight is 357 g/mol. The molecule has 3 heteroatoms. The Hall–Kier alpha value is -2.86. The van der Waals surface area contributed by atoms with E-state index >= 15 is 0 Å². The number of ether oxygens (including phenoxy) is 1. The molecule has 0 fully saturated rings. The van der Waals surface area contributed by atoms with E-state index in [9.17, 15) is 0 Å². The molecule has 136 valence electrons. The van der Waals surface area contributed by atoms with Crippen LogP contribution in [0.25, 0.3) is 26.9 Å². The second kappa shape index (κ2) is 5.82. The second-order valence-corrected chi connectivity index (χ2v) is 8.83. The predicted octanol–water partition coefficient (Wildman–Crippen LogP) is 6.19. The molecule has 1 aliphatic rings. The van der Waals surface area contributed by atoms with Crippen LogP contribution in [0.5, 0.6) is 11.5 Å². The molecule has 0 saturated heterocycles. The molecule has 1 aromatic heterocycles. The fourth-order valence-corrected chi connectivity index (χ4v) is 4.10. The van der Waals surface area contributed by atoms with Gasteiger partial charge in [0.2, 0.25) is 17.1 Å². The Labute approximate surface area is 161 Å². The molecule has 0 saturated carbocycles. The van der Waals surface area contributed by atoms with Crippen molar-refractivity contribution in [2.45, 2.75) is 41.0 Å². The van der Waals surface area contributed by atoms with Gasteiger partial charge in [0.25, 0.3) is 0 Å². The summed E-state index contributed by atoms with van der Waals surface area (Å²) in [7, 11) is 2.02. The molecule has 4 rings (SSSR count). The highest BCUT2D eigenvalue weighted by atomic mass is 16.5. The maximum absolute atomic E-state index is 7.58. The third kappa shape index (κ3) is 2.77. The molecule has 2 heterocycles. The third-order valence-corrected chi connectivity index (χ3v) is 5.34. The molecule has 27 heavy (non-hydrogen) atoms. The van der Waals surface area contributed by atoms with Crippen molar-refractivity contribution in [1.29, 1.82) is 0 Å². The van der Waals surface area contributed by atoms with Gasteiger partial charge in [0.15, 0.2) is 6.20 Å². The molecule has 2 aromatic carbocycles. The van der Waals surface area contributed by atoms with Crippen LogP contribution in [0.3, 0.4) is 0 Å². The van der Waals surface area contributed by atoms with Crippen LogP contribution in [0.4, 0.5) is 5.69 Å². The first-order chi connectivity index (χ1) is 12.7. The van der Waals surface area contributed by atoms with Crippen molar-refractivity contribution < 1.29 is 9.30 Å². The summed E-state index contributed by atoms with van der Waals surface area (Å²) < 4.78 is 8.43. The summed E-state index contributed by atoms with van der Waals surface area (Å²) in [6.45, 7) is 18.7. The van der Waals surface area contributed by atoms with Crippen LogP contribution in [0.15, 0.2) is 30.5 Å². The van der Waals surface area contributed by atoms with Crippen LogP contribution in [-0.2, 0) is 13.5 Å². The number of pyridine rings is 1. The van der Waals surface area contributed by atoms with E-state index in [-0.39, 0.29) is 5.41 Å². The van der Waals surface area contributed by atoms with Gasteiger partial charge in [-0.15, -0.1) is 0 Å². The fraction of sp³-hybridized carbons (Fsp3) is 0.333. The van der Waals surface area contributed by atoms with Crippen molar-refractivity contribution in [3.8, 4) is 22.8 Å². The van der Waals surface area contributed by atoms with E-state index in [0.29, 0.717) is 11.4 Å². The lowest BCUT2D eigenvalue weighted by molar-refractivity contribution is -0.660. The minimum Gasteiger partial charge on any atom is -0.461 e. The molecule has 0 N–H and O–H groups in total. The molecule has 0 spiro atoms. The zero-order valence-electron chi connectivity index (χ0n) is 16.9. The largest absolute Gasteiger partial charge is 0.461 e. The molecule has 0 aliphatic carbocycles. The van der Waals surface area contributed by atoms with E-state index in [1.807, 2.05) is 19.3 Å². The Morgan fingerprint density at radius 1 is 1.15 bits per heavy atom. The first kappa shape index (κ1) is 17.5. The Bertz CT molecular complexity index is 1140. The van der Waals surface area contributed by atoms with Crippen molar-refractivity contribution in [3.05, 3.63) is 58.6 Å². The number of aromatic nitrogens is 1. The molecule has 0 bridgehead atoms. The minimum atomic E-state index is 0.198. The first-order valence-corrected chi connectivity index (χ1v) is 9.35. The van der Waals surface area contributed by atoms with Crippen LogP contribution in [0.2, 0.25) is 0 Å². The Morgan fingerprint density at radius 2 is 1.89 bits per heavy atom. The van der Waals surface area contributed by atoms with E-state index in [2.05, 4.69) is 62.2 Å². The van der Waals surface area contributed by atoms with Crippen LogP contribution >= 0.6 is 0 Å². The maximum Gasteiger partial charge on any atom is 0.245 e. The molecule has 0 unspecified atom stereocenters. The van der Waals surface area contributed by atoms with Gasteiger partial charge in [-0.1, -0.05) is 32.9 Å². The molecule has 0 radical (unpaired) electrons. The molecular formula is C24H25N2O+. The first-order valence-electron chi connectivity index (χ1n) is 9.35. The SMILES string of the molecule is [C-]#[N+]c1cc[n+](C)c2c1Oc1cc(CC(C)(C)C)cc3cc(C)c(C)c-2c13. The molecule has 1 aliphatic heterocycles. The van der Waals surface area contributed by atoms with Gasteiger partial charge in [0.1, 0.15) is 12.8 Å². The Morgan fingerprint density at radius 3 is 2.56 bits per heavy atom. The summed E-state index contributed by atoms with van der Waals surface area (Å²) in [5, 5.41) is 2.37. The quantitative estimate of drug-likeness (QED) is 0.293. The molecule has 3 nitrogen and oxygen atoms in total. The van der Waals surface area contributed by atoms with E-state index in [4.69, 9.17) is 11.3 Å². The number of rotatable bonds is 1. The molecule has 0 amide bonds. The minimum absolute atomic E-state index is 0.198. The highest BCUT2D eigenvalue weighted by Crippen LogP contribution is 2.50. The number of nitrogens with zero attached hydrogens (tertiary/aromatic N) is 2. The zero-order valence-corrected chi connectivity index (χ0v) is 16.9. The van der Waals surface area contributed by atoms with Crippen molar-refractivity contribution in [2.24, 2.45) is 12.5 Å². The van der Waals surface area contributed by atoms with Crippen LogP contribution < -0.4 is 9.30 Å². The third-order valence-electron chi connectivity index (χ3n) is 5.34. The van der Waals surface area contributed by atoms with Gasteiger partial charge in [-0.25, -0.2) is 9.41 Å². The number of hydrogen-bond donors (Lipinski definition) is 0. The monoisotopic (exact) mass is 357 g/mol. The van der Waals surface area contributed by atoms with E-state index in [1.165, 1.54) is 27.6 Å². The lowest BCUT2D eigenvalue weighted by Gasteiger charge is -2.25. The Kier molecular flexibility index (Phi) is 3.78. The van der Waals surface area contributed by atoms with Gasteiger partial charge in [0.05, 0.1) is 12.1 Å². The second-order valence-electron chi connectivity index (χ2n) is 8.83. The van der Waals surface area contributed by atoms with Gasteiger partial charge >= 0.3 is 0 Å². The topological polar surface area (TPSA) is 17.5 Å². The predicted molar refractivity (Wildman–Crippen MR) is 110 cm³/mol. The van der Waals surface area contributed by atoms with Crippen molar-refractivity contribution in [3.63, 3.8) is 0 Å². The van der Waals surface area contributed by atoms with Gasteiger partial charge < -0.3 is 4.74 Å². The van der Waals surface area contributed by atoms with Gasteiger partial charge in [-0.2, -0.15) is 0 Å². The highest BCUT2D eigenvalue weighted by Gasteiger charge is 2.32. The average Bonchev–Trinajstić information content (AvgIpc) is 2.57. The fourth-order valence-electron chi connectivity index (χ4n) is 4.10. The lowest BCUT2D eigenvalue weighted by atomic mass is 9.85. The number of fused-ring (bicyclic) bond motifs is 2. The summed E-state index contributed by atoms with van der Waals surface area (Å²) in [5.41, 5.74) is 6.72. The van der Waals surface area contributed by atoms with Gasteiger partial charge in [0, 0.05) is 11.5 Å². The van der Waals surface area contributed by atoms with Crippen LogP contribution in [0.1, 0.15) is 37.5 Å². The van der Waals surface area contributed by atoms with Crippen LogP contribution in [0, 0.1) is 25.8 Å². The highest BCUT2D eigenvalue weighted by molar-refractivity contribution is 6.05. The van der Waals surface area contributed by atoms with Crippen molar-refractivity contribution in [2.75, 3.05) is 0 Å². The number of benzene rings is 2. The van der Waals surface area contributed by atoms with Gasteiger partial charge in [-0.3, -0.25) is 0 Å². The zero-order chi connectivity index (χ0) is 19.5. The number of hydrogen-bond acceptors (Lipinski definition) is 1. The lowest BCUT2D eigenvalue weighted by Crippen LogP contribution is -2.32. The summed E-state index contributed by atoms with van der Waals surface area (Å²) >= 11 is 0. The summed E-state index contributed by atoms with van der Waals surface area (Å²) in [6, 6.07) is 8.55. The smallest absolute Gasteiger partial charge is 0.245 e. The Balaban J connectivity index is 2.12. The molecule has 3 aromatic rings. The normalized spacial score (nSPS) is 12.5. The number of aryl methyl sites for hydroxylation is 2. The van der Waals surface area contributed by atoms with E-state index in [1.54, 1.807) is 0 Å². The van der Waals surface area contributed by atoms with E-state index < -0.39 is 0 Å². The summed E-state index contributed by atoms with van der Waals surface area (Å²) in [5.74, 6) is 1.54. The molecular weight excluding hydrogens is 332 g/mol. The van der Waals surface area contributed by atoms with Crippen LogP contribution in [-0.4, -0.2) is 0 Å². The van der Waals surface area contributed by atoms with Crippen molar-refractivity contribution in [1.82, 2.24) is 0 Å². The summed E-state index contributed by atoms with van der Waals surface area (Å²) in [4.78, 5) is 3.71. The summed E-state index contributed by atoms with van der Waals surface area (Å²) in [6.07, 6.45) is 2.93. The standard InChI is InChI=1S/C24H25N2O/c1-14-10-17-11-16(13-24(3,4)5)12-19-21(17)20(15(14)2)22-23(27-19)18(25-6)8-9-26(22)7/h8-12H,13H2,1-5,7H3/q+1. The maximum atomic E-state index is 7.58. The van der Waals surface area contributed by atoms with E-state index in [0.717, 1.165) is 23.3 Å². The van der Waals surface area contributed by atoms with Gasteiger partial charge in [-0.05, 0) is 53.8 Å². The van der Waals surface area contributed by atoms with Crippen molar-refractivity contribution >= 4 is 16.5 Å².